The molecule has 70 valence electrons. The van der Waals surface area contributed by atoms with Crippen LogP contribution < -0.4 is 5.73 Å². The van der Waals surface area contributed by atoms with Crippen LogP contribution in [-0.4, -0.2) is 13.1 Å². The topological polar surface area (TPSA) is 53.9 Å². The van der Waals surface area contributed by atoms with E-state index in [2.05, 4.69) is 10.5 Å². The summed E-state index contributed by atoms with van der Waals surface area (Å²) in [6.45, 7) is 0. The molecule has 1 rings (SSSR count). The Bertz CT molecular complexity index is 329. The van der Waals surface area contributed by atoms with Gasteiger partial charge in [0.25, 0.3) is 0 Å². The quantitative estimate of drug-likeness (QED) is 0.657. The minimum Gasteiger partial charge on any atom is -0.465 e. The summed E-state index contributed by atoms with van der Waals surface area (Å²) in [5.74, 6) is -2.95. The summed E-state index contributed by atoms with van der Waals surface area (Å²) in [6.07, 6.45) is 0. The van der Waals surface area contributed by atoms with E-state index in [1.807, 2.05) is 0 Å². The largest absolute Gasteiger partial charge is 0.465 e. The van der Waals surface area contributed by atoms with E-state index < -0.39 is 23.2 Å². The highest BCUT2D eigenvalue weighted by atomic mass is 19.1. The minimum absolute atomic E-state index is 0.169. The molecule has 3 N–H and O–H groups in total. The number of carbonyl (C=O) groups is 1. The van der Waals surface area contributed by atoms with E-state index in [1.54, 1.807) is 0 Å². The van der Waals surface area contributed by atoms with Crippen LogP contribution in [0.4, 0.5) is 14.5 Å². The number of benzene rings is 1. The Morgan fingerprint density at radius 2 is 1.85 bits per heavy atom. The highest BCUT2D eigenvalue weighted by Crippen LogP contribution is 2.16. The van der Waals surface area contributed by atoms with Crippen molar-refractivity contribution in [2.75, 3.05) is 7.11 Å². The predicted octanol–water partition coefficient (Wildman–Crippen LogP) is 0.625. The molecule has 0 aliphatic carbocycles. The first-order valence-corrected chi connectivity index (χ1v) is 3.45. The zero-order chi connectivity index (χ0) is 10.0. The third-order valence-corrected chi connectivity index (χ3v) is 1.49. The van der Waals surface area contributed by atoms with Gasteiger partial charge in [-0.25, -0.2) is 13.6 Å². The second kappa shape index (κ2) is 3.49. The van der Waals surface area contributed by atoms with Gasteiger partial charge in [0.05, 0.1) is 7.11 Å². The first-order chi connectivity index (χ1) is 6.06. The number of quaternary nitrogens is 1. The van der Waals surface area contributed by atoms with Crippen molar-refractivity contribution in [3.63, 3.8) is 0 Å². The maximum Gasteiger partial charge on any atom is 0.343 e. The third kappa shape index (κ3) is 1.81. The van der Waals surface area contributed by atoms with Gasteiger partial charge >= 0.3 is 5.97 Å². The average Bonchev–Trinajstić information content (AvgIpc) is 2.02. The Morgan fingerprint density at radius 3 is 2.23 bits per heavy atom. The fourth-order valence-electron chi connectivity index (χ4n) is 0.923. The molecule has 0 saturated carbocycles. The SMILES string of the molecule is COC(=O)c1c(F)cc([NH3+])cc1F. The summed E-state index contributed by atoms with van der Waals surface area (Å²) < 4.78 is 30.1. The lowest BCUT2D eigenvalue weighted by atomic mass is 10.2. The van der Waals surface area contributed by atoms with Gasteiger partial charge in [-0.2, -0.15) is 0 Å². The molecule has 0 unspecified atom stereocenters. The smallest absolute Gasteiger partial charge is 0.343 e. The number of hydrogen-bond acceptors (Lipinski definition) is 2. The van der Waals surface area contributed by atoms with E-state index in [0.29, 0.717) is 0 Å². The van der Waals surface area contributed by atoms with Gasteiger partial charge in [-0.1, -0.05) is 0 Å². The number of ether oxygens (including phenoxy) is 1. The molecule has 1 aromatic carbocycles. The van der Waals surface area contributed by atoms with Gasteiger partial charge in [-0.05, 0) is 0 Å². The number of hydrogen-bond donors (Lipinski definition) is 1. The molecule has 5 heteroatoms. The lowest BCUT2D eigenvalue weighted by Gasteiger charge is -2.01. The van der Waals surface area contributed by atoms with E-state index in [1.165, 1.54) is 0 Å². The van der Waals surface area contributed by atoms with E-state index >= 15 is 0 Å². The molecular formula is C8H8F2NO2+. The second-order valence-electron chi connectivity index (χ2n) is 2.43. The van der Waals surface area contributed by atoms with Gasteiger partial charge in [0.15, 0.2) is 0 Å². The summed E-state index contributed by atoms with van der Waals surface area (Å²) in [7, 11) is 1.05. The van der Waals surface area contributed by atoms with Crippen molar-refractivity contribution in [1.29, 1.82) is 0 Å². The van der Waals surface area contributed by atoms with E-state index in [9.17, 15) is 13.6 Å². The maximum atomic E-state index is 13.0. The zero-order valence-corrected chi connectivity index (χ0v) is 6.93. The van der Waals surface area contributed by atoms with Crippen molar-refractivity contribution in [3.05, 3.63) is 29.3 Å². The Kier molecular flexibility index (Phi) is 2.57. The number of carbonyl (C=O) groups excluding carboxylic acids is 1. The van der Waals surface area contributed by atoms with Gasteiger partial charge < -0.3 is 10.5 Å². The van der Waals surface area contributed by atoms with E-state index in [0.717, 1.165) is 19.2 Å². The lowest BCUT2D eigenvalue weighted by molar-refractivity contribution is -0.255. The van der Waals surface area contributed by atoms with Crippen molar-refractivity contribution in [1.82, 2.24) is 0 Å². The molecule has 0 saturated heterocycles. The first-order valence-electron chi connectivity index (χ1n) is 3.45. The maximum absolute atomic E-state index is 13.0. The number of rotatable bonds is 1. The van der Waals surface area contributed by atoms with Crippen LogP contribution in [0.3, 0.4) is 0 Å². The molecule has 0 heterocycles. The molecule has 3 nitrogen and oxygen atoms in total. The standard InChI is InChI=1S/C8H7F2NO2/c1-13-8(12)7-5(9)2-4(11)3-6(7)10/h2-3H,11H2,1H3/p+1. The van der Waals surface area contributed by atoms with Gasteiger partial charge in [-0.15, -0.1) is 0 Å². The highest BCUT2D eigenvalue weighted by Gasteiger charge is 2.19. The van der Waals surface area contributed by atoms with Crippen molar-refractivity contribution < 1.29 is 24.0 Å². The molecule has 1 aromatic rings. The molecule has 13 heavy (non-hydrogen) atoms. The number of esters is 1. The molecule has 0 atom stereocenters. The molecule has 0 fully saturated rings. The van der Waals surface area contributed by atoms with Crippen molar-refractivity contribution in [2.45, 2.75) is 0 Å². The van der Waals surface area contributed by atoms with E-state index in [4.69, 9.17) is 0 Å². The molecule has 0 amide bonds. The zero-order valence-electron chi connectivity index (χ0n) is 6.93. The number of methoxy groups -OCH3 is 1. The first kappa shape index (κ1) is 9.60. The Balaban J connectivity index is 3.28. The minimum atomic E-state index is -1.03. The van der Waals surface area contributed by atoms with Crippen LogP contribution in [0, 0.1) is 11.6 Å². The molecule has 0 aliphatic rings. The lowest BCUT2D eigenvalue weighted by Crippen LogP contribution is -2.40. The van der Waals surface area contributed by atoms with Crippen molar-refractivity contribution >= 4 is 11.7 Å². The monoisotopic (exact) mass is 188 g/mol. The van der Waals surface area contributed by atoms with Crippen LogP contribution in [0.1, 0.15) is 10.4 Å². The molecular weight excluding hydrogens is 180 g/mol. The van der Waals surface area contributed by atoms with E-state index in [-0.39, 0.29) is 5.69 Å². The summed E-state index contributed by atoms with van der Waals surface area (Å²) in [6, 6.07) is 1.94. The Labute approximate surface area is 73.1 Å². The molecule has 0 bridgehead atoms. The fraction of sp³-hybridized carbons (Fsp3) is 0.125. The normalized spacial score (nSPS) is 9.85. The second-order valence-corrected chi connectivity index (χ2v) is 2.43. The summed E-state index contributed by atoms with van der Waals surface area (Å²) in [4.78, 5) is 10.8. The summed E-state index contributed by atoms with van der Waals surface area (Å²) in [5, 5.41) is 0. The Morgan fingerprint density at radius 1 is 1.38 bits per heavy atom. The summed E-state index contributed by atoms with van der Waals surface area (Å²) in [5.41, 5.74) is 2.82. The van der Waals surface area contributed by atoms with Gasteiger partial charge in [0, 0.05) is 12.1 Å². The van der Waals surface area contributed by atoms with Crippen LogP contribution in [0.2, 0.25) is 0 Å². The summed E-state index contributed by atoms with van der Waals surface area (Å²) >= 11 is 0. The number of halogens is 2. The fourth-order valence-corrected chi connectivity index (χ4v) is 0.923. The average molecular weight is 188 g/mol. The van der Waals surface area contributed by atoms with Crippen LogP contribution in [0.5, 0.6) is 0 Å². The van der Waals surface area contributed by atoms with Crippen LogP contribution in [0.25, 0.3) is 0 Å². The van der Waals surface area contributed by atoms with Crippen LogP contribution >= 0.6 is 0 Å². The molecule has 0 aromatic heterocycles. The van der Waals surface area contributed by atoms with Gasteiger partial charge in [0.1, 0.15) is 22.9 Å². The highest BCUT2D eigenvalue weighted by molar-refractivity contribution is 5.90. The van der Waals surface area contributed by atoms with Crippen molar-refractivity contribution in [3.8, 4) is 0 Å². The third-order valence-electron chi connectivity index (χ3n) is 1.49. The molecule has 0 spiro atoms. The van der Waals surface area contributed by atoms with Crippen LogP contribution in [0.15, 0.2) is 12.1 Å². The molecule has 0 aliphatic heterocycles. The van der Waals surface area contributed by atoms with Gasteiger partial charge in [-0.3, -0.25) is 0 Å². The Hall–Kier alpha value is -1.49. The van der Waals surface area contributed by atoms with Crippen molar-refractivity contribution in [2.24, 2.45) is 0 Å². The molecule has 0 radical (unpaired) electrons. The van der Waals surface area contributed by atoms with Gasteiger partial charge in [0.2, 0.25) is 0 Å². The van der Waals surface area contributed by atoms with Crippen LogP contribution in [-0.2, 0) is 4.74 Å². The predicted molar refractivity (Wildman–Crippen MR) is 40.2 cm³/mol.